The molecule has 0 saturated carbocycles. The first-order valence-electron chi connectivity index (χ1n) is 14.6. The van der Waals surface area contributed by atoms with E-state index >= 15 is 0 Å². The van der Waals surface area contributed by atoms with Crippen molar-refractivity contribution < 1.29 is 9.63 Å². The molecule has 9 heteroatoms. The smallest absolute Gasteiger partial charge is 0.332 e. The van der Waals surface area contributed by atoms with Crippen LogP contribution in [0.15, 0.2) is 99.9 Å². The number of rotatable bonds is 6. The number of hydrogen-bond acceptors (Lipinski definition) is 6. The van der Waals surface area contributed by atoms with E-state index in [0.29, 0.717) is 0 Å². The molecule has 0 aliphatic carbocycles. The van der Waals surface area contributed by atoms with Crippen molar-refractivity contribution >= 4 is 11.8 Å². The van der Waals surface area contributed by atoms with Gasteiger partial charge < -0.3 is 19.7 Å². The van der Waals surface area contributed by atoms with Crippen molar-refractivity contribution in [1.82, 2.24) is 9.13 Å². The molecule has 234 valence electrons. The second-order valence-electron chi connectivity index (χ2n) is 12.7. The van der Waals surface area contributed by atoms with Crippen molar-refractivity contribution in [3.8, 4) is 28.3 Å². The summed E-state index contributed by atoms with van der Waals surface area (Å²) in [4.78, 5) is 39.3. The molecule has 0 amide bonds. The van der Waals surface area contributed by atoms with Gasteiger partial charge in [-0.25, -0.2) is 4.79 Å². The minimum atomic E-state index is -0.565. The molecule has 0 aliphatic rings. The number of nitrogens with zero attached hydrogens (tertiary/aromatic N) is 4. The first kappa shape index (κ1) is 34.3. The molecule has 9 nitrogen and oxygen atoms in total. The van der Waals surface area contributed by atoms with Gasteiger partial charge >= 0.3 is 5.97 Å². The van der Waals surface area contributed by atoms with Crippen LogP contribution in [0, 0.1) is 11.3 Å². The fraction of sp³-hybridized carbons (Fsp3) is 0.306. The van der Waals surface area contributed by atoms with Crippen LogP contribution in [0.3, 0.4) is 0 Å². The lowest BCUT2D eigenvalue weighted by Gasteiger charge is -2.19. The molecule has 2 N–H and O–H groups in total. The Morgan fingerprint density at radius 3 is 1.53 bits per heavy atom. The minimum Gasteiger partial charge on any atom is -0.383 e. The maximum absolute atomic E-state index is 12.3. The molecular formula is C36H41N5O4. The molecule has 0 radical (unpaired) electrons. The molecule has 45 heavy (non-hydrogen) atoms. The maximum atomic E-state index is 12.3. The SMILES string of the molecule is CC(=O)ON=C(N)Cn1ccc(-c2ccc(C(C)(C)C)cc2)cc1=O.CC(C)(C)c1ccc(-c2ccn(CC#N)c(=O)c2)cc1. The lowest BCUT2D eigenvalue weighted by molar-refractivity contribution is -0.141. The van der Waals surface area contributed by atoms with E-state index in [-0.39, 0.29) is 40.9 Å². The number of nitriles is 1. The zero-order chi connectivity index (χ0) is 33.4. The number of carbonyl (C=O) groups is 1. The highest BCUT2D eigenvalue weighted by atomic mass is 16.7. The van der Waals surface area contributed by atoms with E-state index < -0.39 is 5.97 Å². The zero-order valence-corrected chi connectivity index (χ0v) is 27.0. The second-order valence-corrected chi connectivity index (χ2v) is 12.7. The topological polar surface area (TPSA) is 132 Å². The highest BCUT2D eigenvalue weighted by Gasteiger charge is 2.14. The van der Waals surface area contributed by atoms with Gasteiger partial charge in [0.2, 0.25) is 0 Å². The highest BCUT2D eigenvalue weighted by Crippen LogP contribution is 2.26. The third kappa shape index (κ3) is 9.90. The summed E-state index contributed by atoms with van der Waals surface area (Å²) in [7, 11) is 0. The molecule has 0 aliphatic heterocycles. The summed E-state index contributed by atoms with van der Waals surface area (Å²) >= 11 is 0. The van der Waals surface area contributed by atoms with E-state index in [0.717, 1.165) is 22.3 Å². The Hall–Kier alpha value is -5.23. The largest absolute Gasteiger partial charge is 0.383 e. The van der Waals surface area contributed by atoms with Crippen molar-refractivity contribution in [1.29, 1.82) is 5.26 Å². The number of pyridine rings is 2. The average Bonchev–Trinajstić information content (AvgIpc) is 2.98. The summed E-state index contributed by atoms with van der Waals surface area (Å²) < 4.78 is 2.79. The molecular weight excluding hydrogens is 566 g/mol. The number of benzene rings is 2. The Labute approximate surface area is 264 Å². The van der Waals surface area contributed by atoms with Crippen molar-refractivity contribution in [3.05, 3.63) is 117 Å². The van der Waals surface area contributed by atoms with Gasteiger partial charge in [-0.3, -0.25) is 9.59 Å². The Bertz CT molecular complexity index is 1810. The molecule has 2 aromatic carbocycles. The summed E-state index contributed by atoms with van der Waals surface area (Å²) in [5, 5.41) is 12.1. The molecule has 0 spiro atoms. The van der Waals surface area contributed by atoms with E-state index in [1.54, 1.807) is 24.5 Å². The summed E-state index contributed by atoms with van der Waals surface area (Å²) in [6.45, 7) is 14.3. The van der Waals surface area contributed by atoms with Gasteiger partial charge in [-0.05, 0) is 56.3 Å². The lowest BCUT2D eigenvalue weighted by atomic mass is 9.86. The number of aromatic nitrogens is 2. The van der Waals surface area contributed by atoms with Crippen LogP contribution in [0.4, 0.5) is 0 Å². The van der Waals surface area contributed by atoms with Crippen molar-refractivity contribution in [2.45, 2.75) is 72.4 Å². The van der Waals surface area contributed by atoms with Crippen LogP contribution in [-0.2, 0) is 33.6 Å². The molecule has 0 unspecified atom stereocenters. The molecule has 0 fully saturated rings. The normalized spacial score (nSPS) is 11.6. The zero-order valence-electron chi connectivity index (χ0n) is 27.0. The number of carbonyl (C=O) groups excluding carboxylic acids is 1. The monoisotopic (exact) mass is 607 g/mol. The molecule has 0 saturated heterocycles. The summed E-state index contributed by atoms with van der Waals surface area (Å²) in [6, 6.07) is 25.2. The van der Waals surface area contributed by atoms with Gasteiger partial charge in [-0.1, -0.05) is 95.2 Å². The van der Waals surface area contributed by atoms with E-state index in [1.807, 2.05) is 42.5 Å². The average molecular weight is 608 g/mol. The predicted molar refractivity (Wildman–Crippen MR) is 179 cm³/mol. The summed E-state index contributed by atoms with van der Waals surface area (Å²) in [6.07, 6.45) is 3.31. The maximum Gasteiger partial charge on any atom is 0.332 e. The first-order chi connectivity index (χ1) is 21.1. The third-order valence-corrected chi connectivity index (χ3v) is 7.03. The van der Waals surface area contributed by atoms with Crippen molar-refractivity contribution in [2.75, 3.05) is 0 Å². The van der Waals surface area contributed by atoms with Gasteiger partial charge in [-0.2, -0.15) is 5.26 Å². The Kier molecular flexibility index (Phi) is 11.0. The fourth-order valence-electron chi connectivity index (χ4n) is 4.36. The van der Waals surface area contributed by atoms with Crippen LogP contribution < -0.4 is 16.9 Å². The van der Waals surface area contributed by atoms with Gasteiger partial charge in [0.15, 0.2) is 5.84 Å². The summed E-state index contributed by atoms with van der Waals surface area (Å²) in [5.41, 5.74) is 11.7. The van der Waals surface area contributed by atoms with Crippen LogP contribution >= 0.6 is 0 Å². The number of amidine groups is 1. The molecule has 4 rings (SSSR count). The van der Waals surface area contributed by atoms with Gasteiger partial charge in [0.25, 0.3) is 11.1 Å². The van der Waals surface area contributed by atoms with Crippen LogP contribution in [0.2, 0.25) is 0 Å². The predicted octanol–water partition coefficient (Wildman–Crippen LogP) is 5.98. The van der Waals surface area contributed by atoms with E-state index in [2.05, 4.69) is 75.8 Å². The van der Waals surface area contributed by atoms with Gasteiger partial charge in [-0.15, -0.1) is 0 Å². The van der Waals surface area contributed by atoms with Gasteiger partial charge in [0, 0.05) is 31.5 Å². The minimum absolute atomic E-state index is 0.0413. The Morgan fingerprint density at radius 1 is 0.756 bits per heavy atom. The van der Waals surface area contributed by atoms with Crippen molar-refractivity contribution in [2.24, 2.45) is 10.9 Å². The third-order valence-electron chi connectivity index (χ3n) is 7.03. The molecule has 4 aromatic rings. The van der Waals surface area contributed by atoms with Crippen LogP contribution in [0.25, 0.3) is 22.3 Å². The summed E-state index contributed by atoms with van der Waals surface area (Å²) in [5.74, 6) is -0.524. The van der Waals surface area contributed by atoms with Crippen LogP contribution in [0.1, 0.15) is 59.6 Å². The first-order valence-corrected chi connectivity index (χ1v) is 14.6. The van der Waals surface area contributed by atoms with Crippen LogP contribution in [-0.4, -0.2) is 20.9 Å². The van der Waals surface area contributed by atoms with E-state index in [1.165, 1.54) is 27.2 Å². The lowest BCUT2D eigenvalue weighted by Crippen LogP contribution is -2.27. The van der Waals surface area contributed by atoms with Gasteiger partial charge in [0.05, 0.1) is 12.6 Å². The quantitative estimate of drug-likeness (QED) is 0.124. The number of nitrogens with two attached hydrogens (primary N) is 1. The Balaban J connectivity index is 0.000000251. The van der Waals surface area contributed by atoms with Crippen LogP contribution in [0.5, 0.6) is 0 Å². The number of oxime groups is 1. The van der Waals surface area contributed by atoms with E-state index in [4.69, 9.17) is 11.0 Å². The highest BCUT2D eigenvalue weighted by molar-refractivity contribution is 5.80. The molecule has 2 heterocycles. The molecule has 0 bridgehead atoms. The standard InChI is InChI=1S/C19H23N3O3.C17H18N2O/c1-13(23)25-21-17(20)12-22-10-9-15(11-18(22)24)14-5-7-16(8-6-14)19(2,3)4;1-17(2,3)15-6-4-13(5-7-15)14-8-10-19(11-9-18)16(20)12-14/h5-11H,12H2,1-4H3,(H2,20,21);4-8,10,12H,11H2,1-3H3. The fourth-order valence-corrected chi connectivity index (χ4v) is 4.36. The van der Waals surface area contributed by atoms with Crippen molar-refractivity contribution in [3.63, 3.8) is 0 Å². The Morgan fingerprint density at radius 2 is 1.18 bits per heavy atom. The molecule has 0 atom stereocenters. The van der Waals surface area contributed by atoms with Gasteiger partial charge in [0.1, 0.15) is 6.54 Å². The molecule has 2 aromatic heterocycles. The second kappa shape index (κ2) is 14.5. The number of hydrogen-bond donors (Lipinski definition) is 1. The van der Waals surface area contributed by atoms with E-state index in [9.17, 15) is 14.4 Å².